The van der Waals surface area contributed by atoms with Crippen LogP contribution in [0.25, 0.3) is 0 Å². The minimum absolute atomic E-state index is 0.308. The molecule has 120 valence electrons. The lowest BCUT2D eigenvalue weighted by Crippen LogP contribution is -2.41. The summed E-state index contributed by atoms with van der Waals surface area (Å²) in [6, 6.07) is 0. The average Bonchev–Trinajstić information content (AvgIpc) is 3.17. The summed E-state index contributed by atoms with van der Waals surface area (Å²) in [6.45, 7) is 8.21. The van der Waals surface area contributed by atoms with Gasteiger partial charge in [0.2, 0.25) is 0 Å². The van der Waals surface area contributed by atoms with Gasteiger partial charge in [-0.25, -0.2) is 0 Å². The number of rotatable bonds is 4. The molecule has 3 rings (SSSR count). The molecule has 6 heteroatoms. The molecular weight excluding hydrogens is 279 g/mol. The molecule has 1 saturated carbocycles. The van der Waals surface area contributed by atoms with Crippen molar-refractivity contribution in [1.29, 1.82) is 0 Å². The van der Waals surface area contributed by atoms with Crippen LogP contribution in [0, 0.1) is 0 Å². The van der Waals surface area contributed by atoms with Gasteiger partial charge in [-0.15, -0.1) is 0 Å². The Morgan fingerprint density at radius 2 is 1.73 bits per heavy atom. The number of ether oxygens (including phenoxy) is 1. The first kappa shape index (κ1) is 15.6. The Hall–Kier alpha value is -1.27. The van der Waals surface area contributed by atoms with Crippen molar-refractivity contribution < 1.29 is 14.0 Å². The number of aromatic nitrogens is 1. The van der Waals surface area contributed by atoms with Crippen LogP contribution in [-0.2, 0) is 9.31 Å². The lowest BCUT2D eigenvalue weighted by molar-refractivity contribution is 0.00578. The van der Waals surface area contributed by atoms with Gasteiger partial charge in [0.25, 0.3) is 0 Å². The number of nitrogens with zero attached hydrogens (tertiary/aromatic N) is 2. The molecule has 1 saturated heterocycles. The number of anilines is 1. The van der Waals surface area contributed by atoms with E-state index < -0.39 is 7.12 Å². The topological polar surface area (TPSA) is 43.8 Å². The molecule has 1 aliphatic heterocycles. The highest BCUT2D eigenvalue weighted by Gasteiger charge is 2.53. The second kappa shape index (κ2) is 5.13. The van der Waals surface area contributed by atoms with E-state index in [0.29, 0.717) is 6.10 Å². The van der Waals surface area contributed by atoms with Crippen molar-refractivity contribution in [3.05, 3.63) is 12.4 Å². The van der Waals surface area contributed by atoms with E-state index >= 15 is 0 Å². The van der Waals surface area contributed by atoms with Crippen LogP contribution in [0.2, 0.25) is 0 Å². The van der Waals surface area contributed by atoms with E-state index in [1.165, 1.54) is 0 Å². The van der Waals surface area contributed by atoms with Crippen molar-refractivity contribution in [2.24, 2.45) is 0 Å². The predicted molar refractivity (Wildman–Crippen MR) is 87.9 cm³/mol. The van der Waals surface area contributed by atoms with Gasteiger partial charge in [-0.05, 0) is 40.5 Å². The van der Waals surface area contributed by atoms with E-state index in [0.717, 1.165) is 29.7 Å². The maximum absolute atomic E-state index is 6.17. The summed E-state index contributed by atoms with van der Waals surface area (Å²) in [5.74, 6) is 0.834. The van der Waals surface area contributed by atoms with Gasteiger partial charge in [0, 0.05) is 25.8 Å². The zero-order valence-electron chi connectivity index (χ0n) is 14.3. The van der Waals surface area contributed by atoms with E-state index in [-0.39, 0.29) is 11.2 Å². The van der Waals surface area contributed by atoms with Gasteiger partial charge >= 0.3 is 7.12 Å². The van der Waals surface area contributed by atoms with E-state index in [2.05, 4.69) is 32.7 Å². The van der Waals surface area contributed by atoms with Gasteiger partial charge < -0.3 is 18.9 Å². The van der Waals surface area contributed by atoms with Crippen molar-refractivity contribution in [3.63, 3.8) is 0 Å². The molecule has 2 heterocycles. The highest BCUT2D eigenvalue weighted by atomic mass is 16.7. The fourth-order valence-electron chi connectivity index (χ4n) is 2.39. The normalized spacial score (nSPS) is 22.7. The Morgan fingerprint density at radius 1 is 1.14 bits per heavy atom. The molecule has 0 aromatic carbocycles. The summed E-state index contributed by atoms with van der Waals surface area (Å²) in [5, 5.41) is 0. The first-order valence-corrected chi connectivity index (χ1v) is 7.89. The highest BCUT2D eigenvalue weighted by molar-refractivity contribution is 6.63. The van der Waals surface area contributed by atoms with Gasteiger partial charge in [0.1, 0.15) is 5.75 Å². The van der Waals surface area contributed by atoms with Gasteiger partial charge in [-0.2, -0.15) is 0 Å². The Morgan fingerprint density at radius 3 is 2.23 bits per heavy atom. The summed E-state index contributed by atoms with van der Waals surface area (Å²) in [4.78, 5) is 6.37. The molecule has 0 amide bonds. The molecule has 1 aliphatic carbocycles. The molecule has 1 aromatic rings. The van der Waals surface area contributed by atoms with Crippen LogP contribution in [0.5, 0.6) is 5.75 Å². The minimum atomic E-state index is -0.453. The van der Waals surface area contributed by atoms with E-state index in [1.807, 2.05) is 25.2 Å². The Balaban J connectivity index is 1.98. The van der Waals surface area contributed by atoms with E-state index in [1.54, 1.807) is 6.20 Å². The Kier molecular flexibility index (Phi) is 3.65. The highest BCUT2D eigenvalue weighted by Crippen LogP contribution is 2.39. The van der Waals surface area contributed by atoms with Crippen LogP contribution < -0.4 is 15.1 Å². The number of hydrogen-bond donors (Lipinski definition) is 0. The summed E-state index contributed by atoms with van der Waals surface area (Å²) in [6.07, 6.45) is 6.15. The van der Waals surface area contributed by atoms with Crippen LogP contribution >= 0.6 is 0 Å². The molecule has 1 aromatic heterocycles. The Labute approximate surface area is 133 Å². The lowest BCUT2D eigenvalue weighted by atomic mass is 9.79. The van der Waals surface area contributed by atoms with Gasteiger partial charge in [-0.3, -0.25) is 4.98 Å². The van der Waals surface area contributed by atoms with Gasteiger partial charge in [0.05, 0.1) is 29.2 Å². The molecule has 0 atom stereocenters. The SMILES string of the molecule is CN(C)c1cncc(B2OC(C)(C)C(C)(C)O2)c1OC1CC1. The van der Waals surface area contributed by atoms with Gasteiger partial charge in [0.15, 0.2) is 0 Å². The summed E-state index contributed by atoms with van der Waals surface area (Å²) in [7, 11) is 3.53. The zero-order chi connectivity index (χ0) is 16.1. The number of pyridine rings is 1. The smallest absolute Gasteiger partial charge is 0.488 e. The maximum atomic E-state index is 6.17. The fourth-order valence-corrected chi connectivity index (χ4v) is 2.39. The van der Waals surface area contributed by atoms with Crippen molar-refractivity contribution >= 4 is 18.3 Å². The molecule has 0 radical (unpaired) electrons. The molecule has 0 unspecified atom stereocenters. The average molecular weight is 304 g/mol. The standard InChI is InChI=1S/C16H25BN2O3/c1-15(2)16(3,4)22-17(21-15)12-9-18-10-13(19(5)6)14(12)20-11-7-8-11/h9-11H,7-8H2,1-6H3. The maximum Gasteiger partial charge on any atom is 0.500 e. The predicted octanol–water partition coefficient (Wildman–Crippen LogP) is 1.99. The van der Waals surface area contributed by atoms with Crippen LogP contribution in [0.3, 0.4) is 0 Å². The fraction of sp³-hybridized carbons (Fsp3) is 0.688. The molecule has 0 bridgehead atoms. The van der Waals surface area contributed by atoms with Crippen LogP contribution in [0.4, 0.5) is 5.69 Å². The minimum Gasteiger partial charge on any atom is -0.488 e. The molecule has 5 nitrogen and oxygen atoms in total. The van der Waals surface area contributed by atoms with Crippen LogP contribution in [0.1, 0.15) is 40.5 Å². The molecule has 22 heavy (non-hydrogen) atoms. The zero-order valence-corrected chi connectivity index (χ0v) is 14.3. The van der Waals surface area contributed by atoms with Crippen LogP contribution in [-0.4, -0.2) is 43.5 Å². The van der Waals surface area contributed by atoms with Crippen LogP contribution in [0.15, 0.2) is 12.4 Å². The summed E-state index contributed by atoms with van der Waals surface area (Å²) >= 11 is 0. The van der Waals surface area contributed by atoms with E-state index in [4.69, 9.17) is 14.0 Å². The van der Waals surface area contributed by atoms with Crippen molar-refractivity contribution in [2.45, 2.75) is 57.8 Å². The molecule has 0 spiro atoms. The summed E-state index contributed by atoms with van der Waals surface area (Å²) in [5.41, 5.74) is 1.08. The third-order valence-corrected chi connectivity index (χ3v) is 4.70. The second-order valence-electron chi connectivity index (χ2n) is 7.38. The first-order chi connectivity index (χ1) is 10.2. The van der Waals surface area contributed by atoms with Crippen molar-refractivity contribution in [2.75, 3.05) is 19.0 Å². The molecule has 0 N–H and O–H groups in total. The second-order valence-corrected chi connectivity index (χ2v) is 7.38. The lowest BCUT2D eigenvalue weighted by Gasteiger charge is -2.32. The van der Waals surface area contributed by atoms with E-state index in [9.17, 15) is 0 Å². The third kappa shape index (κ3) is 2.70. The first-order valence-electron chi connectivity index (χ1n) is 7.89. The van der Waals surface area contributed by atoms with Crippen molar-refractivity contribution in [1.82, 2.24) is 4.98 Å². The largest absolute Gasteiger partial charge is 0.500 e. The third-order valence-electron chi connectivity index (χ3n) is 4.70. The molecule has 2 fully saturated rings. The molecular formula is C16H25BN2O3. The van der Waals surface area contributed by atoms with Gasteiger partial charge in [-0.1, -0.05) is 0 Å². The number of hydrogen-bond acceptors (Lipinski definition) is 5. The van der Waals surface area contributed by atoms with Crippen molar-refractivity contribution in [3.8, 4) is 5.75 Å². The Bertz CT molecular complexity index is 555. The monoisotopic (exact) mass is 304 g/mol. The summed E-state index contributed by atoms with van der Waals surface area (Å²) < 4.78 is 18.5. The molecule has 2 aliphatic rings. The quantitative estimate of drug-likeness (QED) is 0.796.